The largest absolute Gasteiger partial charge is 0.355 e. The molecule has 1 amide bonds. The third-order valence-corrected chi connectivity index (χ3v) is 5.71. The van der Waals surface area contributed by atoms with Crippen molar-refractivity contribution in [1.82, 2.24) is 24.7 Å². The lowest BCUT2D eigenvalue weighted by Gasteiger charge is -2.20. The zero-order chi connectivity index (χ0) is 20.1. The van der Waals surface area contributed by atoms with E-state index in [1.54, 1.807) is 29.9 Å². The van der Waals surface area contributed by atoms with E-state index in [4.69, 9.17) is 0 Å². The molecule has 29 heavy (non-hydrogen) atoms. The average molecular weight is 395 g/mol. The number of aryl methyl sites for hydroxylation is 1. The second kappa shape index (κ2) is 6.77. The lowest BCUT2D eigenvalue weighted by molar-refractivity contribution is 0.102. The van der Waals surface area contributed by atoms with E-state index in [-0.39, 0.29) is 11.3 Å². The van der Waals surface area contributed by atoms with Crippen LogP contribution in [0.4, 0.5) is 15.9 Å². The highest BCUT2D eigenvalue weighted by molar-refractivity contribution is 6.02. The van der Waals surface area contributed by atoms with Crippen molar-refractivity contribution in [2.45, 2.75) is 19.9 Å². The van der Waals surface area contributed by atoms with Gasteiger partial charge in [-0.3, -0.25) is 4.79 Å². The first-order valence-corrected chi connectivity index (χ1v) is 9.80. The number of pyridine rings is 1. The van der Waals surface area contributed by atoms with Gasteiger partial charge in [-0.05, 0) is 25.3 Å². The Bertz CT molecular complexity index is 1070. The first-order chi connectivity index (χ1) is 14.0. The van der Waals surface area contributed by atoms with Crippen LogP contribution in [0, 0.1) is 24.6 Å². The summed E-state index contributed by atoms with van der Waals surface area (Å²) < 4.78 is 15.7. The molecule has 1 saturated carbocycles. The predicted octanol–water partition coefficient (Wildman–Crippen LogP) is 1.87. The summed E-state index contributed by atoms with van der Waals surface area (Å²) in [6, 6.07) is 1.88. The standard InChI is InChI=1S/C20H22FN7O/c1-3-22-18-13-9-27(10-14(13)18)17-6-23-16(5-24-17)20(29)26-12-4-15(21)19-25-11(2)7-28(19)8-12/h4-8,13-14,18,22H,3,9-10H2,1-2H3,(H,26,29)/t13-,14+,18+. The van der Waals surface area contributed by atoms with Crippen molar-refractivity contribution >= 4 is 23.1 Å². The smallest absolute Gasteiger partial charge is 0.275 e. The number of rotatable bonds is 5. The van der Waals surface area contributed by atoms with Crippen LogP contribution in [0.2, 0.25) is 0 Å². The molecule has 0 spiro atoms. The fourth-order valence-corrected chi connectivity index (χ4v) is 4.30. The summed E-state index contributed by atoms with van der Waals surface area (Å²) in [6.07, 6.45) is 6.41. The first-order valence-electron chi connectivity index (χ1n) is 9.80. The number of imidazole rings is 1. The number of nitrogens with one attached hydrogen (secondary N) is 2. The van der Waals surface area contributed by atoms with Gasteiger partial charge >= 0.3 is 0 Å². The van der Waals surface area contributed by atoms with E-state index in [0.29, 0.717) is 29.3 Å². The number of nitrogens with zero attached hydrogens (tertiary/aromatic N) is 5. The Balaban J connectivity index is 1.25. The molecule has 3 aromatic heterocycles. The van der Waals surface area contributed by atoms with E-state index in [0.717, 1.165) is 25.5 Å². The molecular weight excluding hydrogens is 373 g/mol. The minimum Gasteiger partial charge on any atom is -0.355 e. The van der Waals surface area contributed by atoms with Gasteiger partial charge < -0.3 is 19.9 Å². The van der Waals surface area contributed by atoms with Crippen molar-refractivity contribution in [3.63, 3.8) is 0 Å². The Morgan fingerprint density at radius 2 is 2.03 bits per heavy atom. The second-order valence-corrected chi connectivity index (χ2v) is 7.72. The highest BCUT2D eigenvalue weighted by Gasteiger charge is 2.55. The highest BCUT2D eigenvalue weighted by Crippen LogP contribution is 2.46. The Labute approximate surface area is 167 Å². The number of hydrogen-bond donors (Lipinski definition) is 2. The number of halogens is 1. The number of fused-ring (bicyclic) bond motifs is 2. The lowest BCUT2D eigenvalue weighted by atomic mass is 10.3. The summed E-state index contributed by atoms with van der Waals surface area (Å²) >= 11 is 0. The zero-order valence-electron chi connectivity index (χ0n) is 16.3. The maximum atomic E-state index is 14.2. The van der Waals surface area contributed by atoms with Crippen LogP contribution in [0.3, 0.4) is 0 Å². The van der Waals surface area contributed by atoms with Gasteiger partial charge in [0.05, 0.1) is 23.8 Å². The SMILES string of the molecule is CCN[C@H]1[C@@H]2CN(c3cnc(C(=O)Nc4cc(F)c5nc(C)cn5c4)cn3)C[C@@H]21. The van der Waals surface area contributed by atoms with E-state index in [2.05, 4.69) is 37.4 Å². The number of anilines is 2. The average Bonchev–Trinajstić information content (AvgIpc) is 3.04. The van der Waals surface area contributed by atoms with Gasteiger partial charge in [0.2, 0.25) is 0 Å². The van der Waals surface area contributed by atoms with Gasteiger partial charge in [0.1, 0.15) is 11.5 Å². The number of hydrogen-bond acceptors (Lipinski definition) is 6. The molecule has 2 fully saturated rings. The van der Waals surface area contributed by atoms with E-state index < -0.39 is 11.7 Å². The number of carbonyl (C=O) groups is 1. The maximum absolute atomic E-state index is 14.2. The summed E-state index contributed by atoms with van der Waals surface area (Å²) in [5, 5.41) is 6.18. The molecule has 0 aromatic carbocycles. The topological polar surface area (TPSA) is 87.5 Å². The number of piperidine rings is 1. The second-order valence-electron chi connectivity index (χ2n) is 7.72. The molecule has 2 aliphatic rings. The van der Waals surface area contributed by atoms with Crippen LogP contribution in [0.1, 0.15) is 23.1 Å². The van der Waals surface area contributed by atoms with Crippen molar-refractivity contribution in [3.05, 3.63) is 48.1 Å². The molecule has 0 unspecified atom stereocenters. The minimum absolute atomic E-state index is 0.186. The van der Waals surface area contributed by atoms with Crippen LogP contribution < -0.4 is 15.5 Å². The van der Waals surface area contributed by atoms with Crippen LogP contribution in [-0.4, -0.2) is 50.9 Å². The third kappa shape index (κ3) is 3.21. The van der Waals surface area contributed by atoms with Gasteiger partial charge in [-0.15, -0.1) is 0 Å². The summed E-state index contributed by atoms with van der Waals surface area (Å²) in [5.41, 5.74) is 1.44. The normalized spacial score (nSPS) is 22.7. The fourth-order valence-electron chi connectivity index (χ4n) is 4.30. The van der Waals surface area contributed by atoms with Crippen molar-refractivity contribution in [1.29, 1.82) is 0 Å². The van der Waals surface area contributed by atoms with Crippen LogP contribution in [-0.2, 0) is 0 Å². The molecule has 1 aliphatic carbocycles. The molecule has 5 rings (SSSR count). The molecule has 2 N–H and O–H groups in total. The molecule has 3 atom stereocenters. The van der Waals surface area contributed by atoms with Crippen molar-refractivity contribution in [2.24, 2.45) is 11.8 Å². The molecule has 150 valence electrons. The predicted molar refractivity (Wildman–Crippen MR) is 107 cm³/mol. The van der Waals surface area contributed by atoms with E-state index in [1.807, 2.05) is 0 Å². The Morgan fingerprint density at radius 3 is 2.72 bits per heavy atom. The van der Waals surface area contributed by atoms with Gasteiger partial charge in [-0.1, -0.05) is 6.92 Å². The monoisotopic (exact) mass is 395 g/mol. The van der Waals surface area contributed by atoms with Crippen molar-refractivity contribution in [2.75, 3.05) is 29.9 Å². The molecule has 4 heterocycles. The summed E-state index contributed by atoms with van der Waals surface area (Å²) in [7, 11) is 0. The molecule has 0 radical (unpaired) electrons. The molecule has 1 aliphatic heterocycles. The number of carbonyl (C=O) groups excluding carboxylic acids is 1. The molecule has 3 aromatic rings. The van der Waals surface area contributed by atoms with E-state index in [9.17, 15) is 9.18 Å². The van der Waals surface area contributed by atoms with Crippen molar-refractivity contribution in [3.8, 4) is 0 Å². The summed E-state index contributed by atoms with van der Waals surface area (Å²) in [4.78, 5) is 27.5. The molecule has 1 saturated heterocycles. The van der Waals surface area contributed by atoms with Gasteiger partial charge in [0.25, 0.3) is 5.91 Å². The Hall–Kier alpha value is -3.07. The van der Waals surface area contributed by atoms with Crippen LogP contribution in [0.25, 0.3) is 5.65 Å². The molecule has 0 bridgehead atoms. The highest BCUT2D eigenvalue weighted by atomic mass is 19.1. The van der Waals surface area contributed by atoms with Crippen LogP contribution in [0.15, 0.2) is 30.9 Å². The minimum atomic E-state index is -0.499. The molecular formula is C20H22FN7O. The number of aromatic nitrogens is 4. The quantitative estimate of drug-likeness (QED) is 0.686. The van der Waals surface area contributed by atoms with Crippen molar-refractivity contribution < 1.29 is 9.18 Å². The van der Waals surface area contributed by atoms with Gasteiger partial charge in [0, 0.05) is 37.6 Å². The number of amides is 1. The molecule has 8 nitrogen and oxygen atoms in total. The Kier molecular flexibility index (Phi) is 4.20. The fraction of sp³-hybridized carbons (Fsp3) is 0.400. The summed E-state index contributed by atoms with van der Waals surface area (Å²) in [5.74, 6) is 1.20. The van der Waals surface area contributed by atoms with Gasteiger partial charge in [0.15, 0.2) is 11.5 Å². The van der Waals surface area contributed by atoms with Crippen LogP contribution >= 0.6 is 0 Å². The van der Waals surface area contributed by atoms with Gasteiger partial charge in [-0.25, -0.2) is 19.3 Å². The van der Waals surface area contributed by atoms with E-state index >= 15 is 0 Å². The lowest BCUT2D eigenvalue weighted by Crippen LogP contribution is -2.31. The third-order valence-electron chi connectivity index (χ3n) is 5.71. The van der Waals surface area contributed by atoms with E-state index in [1.165, 1.54) is 12.3 Å². The summed E-state index contributed by atoms with van der Waals surface area (Å²) in [6.45, 7) is 6.84. The van der Waals surface area contributed by atoms with Gasteiger partial charge in [-0.2, -0.15) is 0 Å². The maximum Gasteiger partial charge on any atom is 0.275 e. The molecule has 9 heteroatoms. The zero-order valence-corrected chi connectivity index (χ0v) is 16.3. The Morgan fingerprint density at radius 1 is 1.24 bits per heavy atom. The first kappa shape index (κ1) is 18.0. The van der Waals surface area contributed by atoms with Crippen LogP contribution in [0.5, 0.6) is 0 Å².